The number of hydrogen-bond donors (Lipinski definition) is 1. The zero-order valence-electron chi connectivity index (χ0n) is 12.4. The molecule has 1 heterocycles. The van der Waals surface area contributed by atoms with Gasteiger partial charge in [-0.2, -0.15) is 0 Å². The van der Waals surface area contributed by atoms with Crippen molar-refractivity contribution in [3.05, 3.63) is 18.2 Å². The first kappa shape index (κ1) is 16.1. The molecule has 1 aromatic rings. The molecule has 1 aromatic heterocycles. The molecule has 1 N–H and O–H groups in total. The Balaban J connectivity index is 2.17. The molecule has 0 saturated heterocycles. The lowest BCUT2D eigenvalue weighted by Gasteiger charge is -2.10. The zero-order chi connectivity index (χ0) is 13.9. The smallest absolute Gasteiger partial charge is 0.0948 e. The maximum atomic E-state index is 5.53. The van der Waals surface area contributed by atoms with Crippen molar-refractivity contribution in [3.8, 4) is 0 Å². The summed E-state index contributed by atoms with van der Waals surface area (Å²) in [5.41, 5.74) is 1.22. The van der Waals surface area contributed by atoms with Gasteiger partial charge in [0.05, 0.1) is 24.7 Å². The minimum absolute atomic E-state index is 0.328. The van der Waals surface area contributed by atoms with Crippen molar-refractivity contribution in [2.45, 2.75) is 45.9 Å². The Morgan fingerprint density at radius 1 is 1.32 bits per heavy atom. The van der Waals surface area contributed by atoms with Gasteiger partial charge in [0.25, 0.3) is 0 Å². The highest BCUT2D eigenvalue weighted by atomic mass is 16.5. The van der Waals surface area contributed by atoms with Gasteiger partial charge >= 0.3 is 0 Å². The predicted octanol–water partition coefficient (Wildman–Crippen LogP) is 1.82. The Labute approximate surface area is 116 Å². The van der Waals surface area contributed by atoms with E-state index in [-0.39, 0.29) is 0 Å². The van der Waals surface area contributed by atoms with E-state index in [9.17, 15) is 0 Å². The van der Waals surface area contributed by atoms with E-state index in [4.69, 9.17) is 9.47 Å². The quantitative estimate of drug-likeness (QED) is 0.623. The van der Waals surface area contributed by atoms with Gasteiger partial charge in [0, 0.05) is 39.5 Å². The second-order valence-electron chi connectivity index (χ2n) is 4.87. The van der Waals surface area contributed by atoms with Crippen molar-refractivity contribution in [2.75, 3.05) is 26.9 Å². The Bertz CT molecular complexity index is 326. The number of aryl methyl sites for hydroxylation is 1. The van der Waals surface area contributed by atoms with Crippen LogP contribution >= 0.6 is 0 Å². The fourth-order valence-corrected chi connectivity index (χ4v) is 1.79. The molecule has 0 aliphatic rings. The standard InChI is InChI=1S/C14H27N3O2/c1-13(2)19-8-5-4-7-17-12-16-11-14(17)10-15-6-9-18-3/h11-13,15H,4-10H2,1-3H3. The Kier molecular flexibility index (Phi) is 8.45. The predicted molar refractivity (Wildman–Crippen MR) is 76.1 cm³/mol. The summed E-state index contributed by atoms with van der Waals surface area (Å²) in [6, 6.07) is 0. The number of nitrogens with zero attached hydrogens (tertiary/aromatic N) is 2. The van der Waals surface area contributed by atoms with Crippen molar-refractivity contribution in [1.82, 2.24) is 14.9 Å². The number of rotatable bonds is 11. The molecule has 0 aliphatic heterocycles. The van der Waals surface area contributed by atoms with Gasteiger partial charge in [-0.3, -0.25) is 0 Å². The minimum Gasteiger partial charge on any atom is -0.383 e. The highest BCUT2D eigenvalue weighted by Gasteiger charge is 2.01. The molecule has 0 saturated carbocycles. The lowest BCUT2D eigenvalue weighted by molar-refractivity contribution is 0.0754. The van der Waals surface area contributed by atoms with Crippen molar-refractivity contribution in [2.24, 2.45) is 0 Å². The van der Waals surface area contributed by atoms with Crippen molar-refractivity contribution < 1.29 is 9.47 Å². The first-order valence-electron chi connectivity index (χ1n) is 7.04. The van der Waals surface area contributed by atoms with E-state index in [1.807, 2.05) is 12.5 Å². The van der Waals surface area contributed by atoms with Crippen LogP contribution in [0.2, 0.25) is 0 Å². The van der Waals surface area contributed by atoms with Gasteiger partial charge in [0.2, 0.25) is 0 Å². The van der Waals surface area contributed by atoms with Crippen LogP contribution in [0.25, 0.3) is 0 Å². The summed E-state index contributed by atoms with van der Waals surface area (Å²) < 4.78 is 12.7. The SMILES string of the molecule is COCCNCc1cncn1CCCCOC(C)C. The second kappa shape index (κ2) is 9.95. The van der Waals surface area contributed by atoms with Crippen molar-refractivity contribution in [1.29, 1.82) is 0 Å². The van der Waals surface area contributed by atoms with Crippen molar-refractivity contribution in [3.63, 3.8) is 0 Å². The van der Waals surface area contributed by atoms with Crippen LogP contribution in [0, 0.1) is 0 Å². The summed E-state index contributed by atoms with van der Waals surface area (Å²) >= 11 is 0. The maximum absolute atomic E-state index is 5.53. The summed E-state index contributed by atoms with van der Waals surface area (Å²) in [7, 11) is 1.71. The van der Waals surface area contributed by atoms with E-state index in [0.717, 1.165) is 45.7 Å². The Morgan fingerprint density at radius 2 is 2.16 bits per heavy atom. The molecule has 0 radical (unpaired) electrons. The van der Waals surface area contributed by atoms with E-state index < -0.39 is 0 Å². The summed E-state index contributed by atoms with van der Waals surface area (Å²) in [5.74, 6) is 0. The van der Waals surface area contributed by atoms with Gasteiger partial charge in [-0.1, -0.05) is 0 Å². The monoisotopic (exact) mass is 269 g/mol. The number of methoxy groups -OCH3 is 1. The number of nitrogens with one attached hydrogen (secondary N) is 1. The normalized spacial score (nSPS) is 11.4. The molecule has 0 amide bonds. The topological polar surface area (TPSA) is 48.3 Å². The fourth-order valence-electron chi connectivity index (χ4n) is 1.79. The molecule has 19 heavy (non-hydrogen) atoms. The van der Waals surface area contributed by atoms with E-state index in [1.54, 1.807) is 7.11 Å². The number of aromatic nitrogens is 2. The van der Waals surface area contributed by atoms with Gasteiger partial charge in [0.1, 0.15) is 0 Å². The molecule has 0 bridgehead atoms. The lowest BCUT2D eigenvalue weighted by atomic mass is 10.3. The van der Waals surface area contributed by atoms with Gasteiger partial charge in [-0.25, -0.2) is 4.98 Å². The Morgan fingerprint density at radius 3 is 2.89 bits per heavy atom. The van der Waals surface area contributed by atoms with Crippen LogP contribution in [0.5, 0.6) is 0 Å². The fraction of sp³-hybridized carbons (Fsp3) is 0.786. The minimum atomic E-state index is 0.328. The molecule has 1 rings (SSSR count). The molecule has 110 valence electrons. The average molecular weight is 269 g/mol. The van der Waals surface area contributed by atoms with Crippen LogP contribution in [-0.2, 0) is 22.6 Å². The van der Waals surface area contributed by atoms with E-state index >= 15 is 0 Å². The molecule has 0 aromatic carbocycles. The first-order valence-corrected chi connectivity index (χ1v) is 7.04. The van der Waals surface area contributed by atoms with Crippen LogP contribution in [0.1, 0.15) is 32.4 Å². The number of imidazole rings is 1. The lowest BCUT2D eigenvalue weighted by Crippen LogP contribution is -2.20. The molecule has 0 unspecified atom stereocenters. The van der Waals surface area contributed by atoms with E-state index in [1.165, 1.54) is 5.69 Å². The summed E-state index contributed by atoms with van der Waals surface area (Å²) in [6.45, 7) is 8.42. The maximum Gasteiger partial charge on any atom is 0.0948 e. The molecule has 0 spiro atoms. The highest BCUT2D eigenvalue weighted by Crippen LogP contribution is 2.03. The summed E-state index contributed by atoms with van der Waals surface area (Å²) in [4.78, 5) is 4.21. The van der Waals surface area contributed by atoms with Gasteiger partial charge < -0.3 is 19.4 Å². The third kappa shape index (κ3) is 7.30. The van der Waals surface area contributed by atoms with Crippen LogP contribution in [0.3, 0.4) is 0 Å². The molecule has 5 heteroatoms. The van der Waals surface area contributed by atoms with Crippen LogP contribution in [0.4, 0.5) is 0 Å². The number of unbranched alkanes of at least 4 members (excludes halogenated alkanes) is 1. The average Bonchev–Trinajstić information content (AvgIpc) is 2.81. The van der Waals surface area contributed by atoms with Crippen LogP contribution in [0.15, 0.2) is 12.5 Å². The third-order valence-electron chi connectivity index (χ3n) is 2.83. The summed E-state index contributed by atoms with van der Waals surface area (Å²) in [5, 5.41) is 3.34. The van der Waals surface area contributed by atoms with Gasteiger partial charge in [-0.15, -0.1) is 0 Å². The summed E-state index contributed by atoms with van der Waals surface area (Å²) in [6.07, 6.45) is 6.36. The van der Waals surface area contributed by atoms with E-state index in [0.29, 0.717) is 6.10 Å². The highest BCUT2D eigenvalue weighted by molar-refractivity contribution is 4.97. The Hall–Kier alpha value is -0.910. The first-order chi connectivity index (χ1) is 9.24. The third-order valence-corrected chi connectivity index (χ3v) is 2.83. The largest absolute Gasteiger partial charge is 0.383 e. The number of hydrogen-bond acceptors (Lipinski definition) is 4. The molecular weight excluding hydrogens is 242 g/mol. The molecule has 0 aliphatic carbocycles. The van der Waals surface area contributed by atoms with Gasteiger partial charge in [0.15, 0.2) is 0 Å². The molecular formula is C14H27N3O2. The number of ether oxygens (including phenoxy) is 2. The molecule has 5 nitrogen and oxygen atoms in total. The van der Waals surface area contributed by atoms with Crippen LogP contribution < -0.4 is 5.32 Å². The van der Waals surface area contributed by atoms with Crippen molar-refractivity contribution >= 4 is 0 Å². The molecule has 0 atom stereocenters. The molecule has 0 fully saturated rings. The van der Waals surface area contributed by atoms with Gasteiger partial charge in [-0.05, 0) is 26.7 Å². The van der Waals surface area contributed by atoms with E-state index in [2.05, 4.69) is 28.7 Å². The second-order valence-corrected chi connectivity index (χ2v) is 4.87. The zero-order valence-corrected chi connectivity index (χ0v) is 12.4. The van der Waals surface area contributed by atoms with Crippen LogP contribution in [-0.4, -0.2) is 42.5 Å².